The number of hydrogen-bond acceptors (Lipinski definition) is 3. The molecular formula is C34H47N3O. The molecule has 3 aromatic carbocycles. The van der Waals surface area contributed by atoms with E-state index >= 15 is 0 Å². The topological polar surface area (TPSA) is 26.8 Å². The Kier molecular flexibility index (Phi) is 13.1. The van der Waals surface area contributed by atoms with Crippen LogP contribution in [-0.4, -0.2) is 62.0 Å². The van der Waals surface area contributed by atoms with Gasteiger partial charge in [-0.05, 0) is 74.5 Å². The third-order valence-electron chi connectivity index (χ3n) is 7.61. The molecule has 0 radical (unpaired) electrons. The third-order valence-corrected chi connectivity index (χ3v) is 7.61. The summed E-state index contributed by atoms with van der Waals surface area (Å²) in [6, 6.07) is 31.4. The van der Waals surface area contributed by atoms with Crippen LogP contribution in [0.5, 0.6) is 0 Å². The average molecular weight is 514 g/mol. The van der Waals surface area contributed by atoms with Gasteiger partial charge in [0.2, 0.25) is 5.91 Å². The minimum Gasteiger partial charge on any atom is -0.316 e. The Labute approximate surface area is 231 Å². The Hall–Kier alpha value is -2.95. The lowest BCUT2D eigenvalue weighted by atomic mass is 9.95. The van der Waals surface area contributed by atoms with E-state index < -0.39 is 0 Å². The van der Waals surface area contributed by atoms with Crippen molar-refractivity contribution >= 4 is 11.6 Å². The normalized spacial score (nSPS) is 14.1. The Morgan fingerprint density at radius 1 is 0.789 bits per heavy atom. The zero-order valence-corrected chi connectivity index (χ0v) is 23.8. The van der Waals surface area contributed by atoms with Crippen LogP contribution in [0.25, 0.3) is 0 Å². The third kappa shape index (κ3) is 10.4. The van der Waals surface area contributed by atoms with Crippen LogP contribution in [0, 0.1) is 5.92 Å². The minimum absolute atomic E-state index is 0.140. The van der Waals surface area contributed by atoms with Crippen molar-refractivity contribution in [1.29, 1.82) is 0 Å². The first kappa shape index (κ1) is 29.6. The fraction of sp³-hybridized carbons (Fsp3) is 0.441. The Morgan fingerprint density at radius 2 is 1.32 bits per heavy atom. The molecule has 4 rings (SSSR count). The fourth-order valence-corrected chi connectivity index (χ4v) is 5.03. The Bertz CT molecular complexity index is 1020. The number of benzene rings is 3. The second-order valence-electron chi connectivity index (χ2n) is 10.3. The van der Waals surface area contributed by atoms with E-state index in [1.165, 1.54) is 76.1 Å². The van der Waals surface area contributed by atoms with E-state index in [9.17, 15) is 4.79 Å². The van der Waals surface area contributed by atoms with Gasteiger partial charge in [0.05, 0.1) is 0 Å². The van der Waals surface area contributed by atoms with E-state index in [1.54, 1.807) is 11.9 Å². The molecule has 0 atom stereocenters. The molecule has 1 aliphatic heterocycles. The summed E-state index contributed by atoms with van der Waals surface area (Å²) in [6.45, 7) is 11.6. The second kappa shape index (κ2) is 16.8. The average Bonchev–Trinajstić information content (AvgIpc) is 3.00. The lowest BCUT2D eigenvalue weighted by Crippen LogP contribution is -2.40. The molecule has 204 valence electrons. The predicted molar refractivity (Wildman–Crippen MR) is 162 cm³/mol. The van der Waals surface area contributed by atoms with Crippen molar-refractivity contribution in [3.63, 3.8) is 0 Å². The number of likely N-dealkylation sites (N-methyl/N-ethyl adjacent to an activating group) is 1. The summed E-state index contributed by atoms with van der Waals surface area (Å²) in [6.07, 6.45) is 5.62. The molecule has 0 spiro atoms. The lowest BCUT2D eigenvalue weighted by molar-refractivity contribution is -0.118. The van der Waals surface area contributed by atoms with Crippen LogP contribution in [0.4, 0.5) is 5.69 Å². The monoisotopic (exact) mass is 513 g/mol. The van der Waals surface area contributed by atoms with E-state index in [0.717, 1.165) is 11.6 Å². The highest BCUT2D eigenvalue weighted by molar-refractivity contribution is 5.92. The smallest absolute Gasteiger partial charge is 0.226 e. The van der Waals surface area contributed by atoms with E-state index in [1.807, 2.05) is 37.3 Å². The maximum atomic E-state index is 11.2. The van der Waals surface area contributed by atoms with Gasteiger partial charge in [-0.25, -0.2) is 0 Å². The molecule has 0 unspecified atom stereocenters. The first-order valence-corrected chi connectivity index (χ1v) is 14.4. The van der Waals surface area contributed by atoms with Crippen molar-refractivity contribution in [3.8, 4) is 0 Å². The summed E-state index contributed by atoms with van der Waals surface area (Å²) >= 11 is 0. The van der Waals surface area contributed by atoms with Crippen molar-refractivity contribution in [1.82, 2.24) is 9.80 Å². The standard InChI is InChI=1S/C24H34N2.C10H13NO/c1-2-25(17-13-22-9-5-3-6-10-22)21-24-15-19-26(20-16-24)18-14-23-11-7-4-8-12-23;1-3-10(12)11(2)9-7-5-4-6-8-9/h3-12,24H,2,13-21H2,1H3;4-8H,3H2,1-2H3. The summed E-state index contributed by atoms with van der Waals surface area (Å²) in [7, 11) is 1.79. The number of carbonyl (C=O) groups is 1. The van der Waals surface area contributed by atoms with Gasteiger partial charge in [-0.2, -0.15) is 0 Å². The number of carbonyl (C=O) groups excluding carboxylic acids is 1. The quantitative estimate of drug-likeness (QED) is 0.290. The first-order chi connectivity index (χ1) is 18.6. The number of rotatable bonds is 11. The molecule has 1 heterocycles. The highest BCUT2D eigenvalue weighted by atomic mass is 16.2. The highest BCUT2D eigenvalue weighted by Gasteiger charge is 2.20. The predicted octanol–water partition coefficient (Wildman–Crippen LogP) is 6.57. The summed E-state index contributed by atoms with van der Waals surface area (Å²) in [5, 5.41) is 0. The maximum absolute atomic E-state index is 11.2. The van der Waals surface area contributed by atoms with Crippen molar-refractivity contribution in [2.24, 2.45) is 5.92 Å². The number of hydrogen-bond donors (Lipinski definition) is 0. The minimum atomic E-state index is 0.140. The highest BCUT2D eigenvalue weighted by Crippen LogP contribution is 2.19. The summed E-state index contributed by atoms with van der Waals surface area (Å²) in [5.41, 5.74) is 3.87. The maximum Gasteiger partial charge on any atom is 0.226 e. The molecule has 1 saturated heterocycles. The van der Waals surface area contributed by atoms with Crippen LogP contribution < -0.4 is 4.90 Å². The van der Waals surface area contributed by atoms with Crippen LogP contribution >= 0.6 is 0 Å². The van der Waals surface area contributed by atoms with Crippen molar-refractivity contribution < 1.29 is 4.79 Å². The number of para-hydroxylation sites is 1. The number of amides is 1. The summed E-state index contributed by atoms with van der Waals surface area (Å²) < 4.78 is 0. The van der Waals surface area contributed by atoms with Crippen LogP contribution in [0.2, 0.25) is 0 Å². The van der Waals surface area contributed by atoms with Gasteiger partial charge in [-0.15, -0.1) is 0 Å². The van der Waals surface area contributed by atoms with E-state index in [0.29, 0.717) is 6.42 Å². The van der Waals surface area contributed by atoms with E-state index in [-0.39, 0.29) is 5.91 Å². The number of nitrogens with zero attached hydrogens (tertiary/aromatic N) is 3. The molecule has 0 saturated carbocycles. The molecule has 0 aliphatic carbocycles. The second-order valence-corrected chi connectivity index (χ2v) is 10.3. The molecule has 1 fully saturated rings. The van der Waals surface area contributed by atoms with Crippen molar-refractivity contribution in [3.05, 3.63) is 102 Å². The molecular weight excluding hydrogens is 466 g/mol. The molecule has 3 aromatic rings. The van der Waals surface area contributed by atoms with E-state index in [4.69, 9.17) is 0 Å². The van der Waals surface area contributed by atoms with Crippen molar-refractivity contribution in [2.45, 2.75) is 46.0 Å². The molecule has 0 aromatic heterocycles. The van der Waals surface area contributed by atoms with Gasteiger partial charge in [0.1, 0.15) is 0 Å². The molecule has 1 aliphatic rings. The first-order valence-electron chi connectivity index (χ1n) is 14.4. The van der Waals surface area contributed by atoms with Crippen LogP contribution in [0.1, 0.15) is 44.2 Å². The molecule has 38 heavy (non-hydrogen) atoms. The lowest BCUT2D eigenvalue weighted by Gasteiger charge is -2.34. The van der Waals surface area contributed by atoms with E-state index in [2.05, 4.69) is 77.4 Å². The zero-order valence-electron chi connectivity index (χ0n) is 23.8. The zero-order chi connectivity index (χ0) is 27.0. The van der Waals surface area contributed by atoms with Crippen molar-refractivity contribution in [2.75, 3.05) is 51.2 Å². The number of piperidine rings is 1. The molecule has 4 heteroatoms. The Morgan fingerprint density at radius 3 is 1.84 bits per heavy atom. The SMILES string of the molecule is CCC(=O)N(C)c1ccccc1.CCN(CCc1ccccc1)CC1CCN(CCc2ccccc2)CC1. The van der Waals surface area contributed by atoms with Gasteiger partial charge in [-0.3, -0.25) is 4.79 Å². The fourth-order valence-electron chi connectivity index (χ4n) is 5.03. The molecule has 0 N–H and O–H groups in total. The number of likely N-dealkylation sites (tertiary alicyclic amines) is 1. The largest absolute Gasteiger partial charge is 0.316 e. The summed E-state index contributed by atoms with van der Waals surface area (Å²) in [4.78, 5) is 18.2. The van der Waals surface area contributed by atoms with Crippen LogP contribution in [-0.2, 0) is 17.6 Å². The van der Waals surface area contributed by atoms with Gasteiger partial charge < -0.3 is 14.7 Å². The van der Waals surface area contributed by atoms with Crippen LogP contribution in [0.3, 0.4) is 0 Å². The molecule has 1 amide bonds. The molecule has 4 nitrogen and oxygen atoms in total. The Balaban J connectivity index is 0.000000279. The summed E-state index contributed by atoms with van der Waals surface area (Å²) in [5.74, 6) is 1.01. The van der Waals surface area contributed by atoms with Crippen LogP contribution in [0.15, 0.2) is 91.0 Å². The van der Waals surface area contributed by atoms with Gasteiger partial charge >= 0.3 is 0 Å². The van der Waals surface area contributed by atoms with Gasteiger partial charge in [-0.1, -0.05) is 92.7 Å². The van der Waals surface area contributed by atoms with Gasteiger partial charge in [0.15, 0.2) is 0 Å². The van der Waals surface area contributed by atoms with Gasteiger partial charge in [0.25, 0.3) is 0 Å². The molecule has 0 bridgehead atoms. The number of anilines is 1. The van der Waals surface area contributed by atoms with Gasteiger partial charge in [0, 0.05) is 38.8 Å².